The quantitative estimate of drug-likeness (QED) is 0.752. The average molecular weight is 227 g/mol. The summed E-state index contributed by atoms with van der Waals surface area (Å²) in [6, 6.07) is 8.31. The van der Waals surface area contributed by atoms with Crippen LogP contribution in [0.2, 0.25) is 5.02 Å². The Morgan fingerprint density at radius 2 is 2.36 bits per heavy atom. The molecule has 0 aromatic heterocycles. The third kappa shape index (κ3) is 2.36. The minimum absolute atomic E-state index is 0.390. The molecule has 1 saturated heterocycles. The minimum Gasteiger partial charge on any atom is -0.361 e. The van der Waals surface area contributed by atoms with Crippen molar-refractivity contribution in [3.05, 3.63) is 34.9 Å². The van der Waals surface area contributed by atoms with Crippen molar-refractivity contribution in [3.8, 4) is 0 Å². The van der Waals surface area contributed by atoms with Crippen molar-refractivity contribution in [2.45, 2.75) is 12.5 Å². The molecule has 2 nitrogen and oxygen atoms in total. The number of nitrogens with one attached hydrogen (secondary N) is 2. The standard InChI is InChI=1S/C10H11ClN2S/c11-8-3-1-2-7(4-8)5-9-6-12-10(14)13-9/h1-4,9H,5-6H2,(H2,12,13,14)/t9-/m0/s1. The Bertz CT molecular complexity index is 354. The molecule has 0 bridgehead atoms. The van der Waals surface area contributed by atoms with Crippen LogP contribution in [0.4, 0.5) is 0 Å². The van der Waals surface area contributed by atoms with Gasteiger partial charge in [0.25, 0.3) is 0 Å². The highest BCUT2D eigenvalue weighted by Crippen LogP contribution is 2.12. The first-order valence-corrected chi connectivity index (χ1v) is 5.31. The highest BCUT2D eigenvalue weighted by atomic mass is 35.5. The van der Waals surface area contributed by atoms with E-state index in [0.29, 0.717) is 6.04 Å². The van der Waals surface area contributed by atoms with E-state index in [-0.39, 0.29) is 0 Å². The van der Waals surface area contributed by atoms with Crippen molar-refractivity contribution in [1.29, 1.82) is 0 Å². The normalized spacial score (nSPS) is 20.4. The molecular formula is C10H11ClN2S. The van der Waals surface area contributed by atoms with Crippen LogP contribution < -0.4 is 10.6 Å². The van der Waals surface area contributed by atoms with E-state index in [1.165, 1.54) is 5.56 Å². The molecule has 1 atom stereocenters. The third-order valence-corrected chi connectivity index (χ3v) is 2.71. The van der Waals surface area contributed by atoms with Crippen LogP contribution in [0.25, 0.3) is 0 Å². The zero-order chi connectivity index (χ0) is 9.97. The summed E-state index contributed by atoms with van der Waals surface area (Å²) < 4.78 is 0. The highest BCUT2D eigenvalue weighted by Gasteiger charge is 2.17. The first-order valence-electron chi connectivity index (χ1n) is 4.53. The van der Waals surface area contributed by atoms with E-state index in [1.54, 1.807) is 0 Å². The third-order valence-electron chi connectivity index (χ3n) is 2.22. The van der Waals surface area contributed by atoms with Gasteiger partial charge in [0.05, 0.1) is 0 Å². The lowest BCUT2D eigenvalue weighted by atomic mass is 10.1. The van der Waals surface area contributed by atoms with Gasteiger partial charge in [0.15, 0.2) is 5.11 Å². The van der Waals surface area contributed by atoms with Gasteiger partial charge in [-0.05, 0) is 36.3 Å². The number of thiocarbonyl (C=S) groups is 1. The first kappa shape index (κ1) is 9.74. The van der Waals surface area contributed by atoms with E-state index in [9.17, 15) is 0 Å². The largest absolute Gasteiger partial charge is 0.361 e. The maximum Gasteiger partial charge on any atom is 0.166 e. The molecule has 1 aliphatic heterocycles. The first-order chi connectivity index (χ1) is 6.74. The van der Waals surface area contributed by atoms with E-state index in [0.717, 1.165) is 23.1 Å². The summed E-state index contributed by atoms with van der Waals surface area (Å²) >= 11 is 10.9. The van der Waals surface area contributed by atoms with Crippen molar-refractivity contribution in [3.63, 3.8) is 0 Å². The van der Waals surface area contributed by atoms with Gasteiger partial charge in [0, 0.05) is 17.6 Å². The zero-order valence-corrected chi connectivity index (χ0v) is 9.16. The molecule has 1 fully saturated rings. The molecule has 1 aromatic rings. The average Bonchev–Trinajstić information content (AvgIpc) is 2.51. The summed E-state index contributed by atoms with van der Waals surface area (Å²) in [4.78, 5) is 0. The molecule has 2 N–H and O–H groups in total. The number of benzene rings is 1. The molecule has 0 amide bonds. The molecule has 0 spiro atoms. The van der Waals surface area contributed by atoms with Crippen LogP contribution in [0, 0.1) is 0 Å². The molecule has 0 saturated carbocycles. The predicted octanol–water partition coefficient (Wildman–Crippen LogP) is 1.73. The smallest absolute Gasteiger partial charge is 0.166 e. The van der Waals surface area contributed by atoms with Crippen LogP contribution in [-0.2, 0) is 6.42 Å². The van der Waals surface area contributed by atoms with E-state index in [1.807, 2.05) is 18.2 Å². The van der Waals surface area contributed by atoms with Gasteiger partial charge in [0.1, 0.15) is 0 Å². The topological polar surface area (TPSA) is 24.1 Å². The van der Waals surface area contributed by atoms with Gasteiger partial charge in [-0.15, -0.1) is 0 Å². The van der Waals surface area contributed by atoms with Crippen LogP contribution in [0.5, 0.6) is 0 Å². The lowest BCUT2D eigenvalue weighted by molar-refractivity contribution is 0.653. The van der Waals surface area contributed by atoms with Crippen molar-refractivity contribution < 1.29 is 0 Å². The monoisotopic (exact) mass is 226 g/mol. The Morgan fingerprint density at radius 3 is 3.00 bits per heavy atom. The van der Waals surface area contributed by atoms with Gasteiger partial charge in [-0.2, -0.15) is 0 Å². The summed E-state index contributed by atoms with van der Waals surface area (Å²) in [5.74, 6) is 0. The van der Waals surface area contributed by atoms with E-state index in [4.69, 9.17) is 23.8 Å². The van der Waals surface area contributed by atoms with Gasteiger partial charge in [-0.1, -0.05) is 23.7 Å². The second-order valence-corrected chi connectivity index (χ2v) is 4.23. The van der Waals surface area contributed by atoms with Crippen molar-refractivity contribution >= 4 is 28.9 Å². The molecule has 0 aliphatic carbocycles. The fraction of sp³-hybridized carbons (Fsp3) is 0.300. The van der Waals surface area contributed by atoms with Gasteiger partial charge in [-0.25, -0.2) is 0 Å². The second kappa shape index (κ2) is 4.15. The molecule has 14 heavy (non-hydrogen) atoms. The summed E-state index contributed by atoms with van der Waals surface area (Å²) in [5.41, 5.74) is 1.24. The fourth-order valence-corrected chi connectivity index (χ4v) is 2.04. The van der Waals surface area contributed by atoms with E-state index < -0.39 is 0 Å². The van der Waals surface area contributed by atoms with Gasteiger partial charge >= 0.3 is 0 Å². The molecule has 0 unspecified atom stereocenters. The Balaban J connectivity index is 2.00. The summed E-state index contributed by atoms with van der Waals surface area (Å²) in [6.07, 6.45) is 0.952. The molecule has 4 heteroatoms. The zero-order valence-electron chi connectivity index (χ0n) is 7.59. The van der Waals surface area contributed by atoms with Crippen LogP contribution in [0.1, 0.15) is 5.56 Å². The molecule has 1 heterocycles. The van der Waals surface area contributed by atoms with Gasteiger partial charge in [0.2, 0.25) is 0 Å². The second-order valence-electron chi connectivity index (χ2n) is 3.39. The van der Waals surface area contributed by atoms with Crippen LogP contribution >= 0.6 is 23.8 Å². The van der Waals surface area contributed by atoms with Gasteiger partial charge < -0.3 is 10.6 Å². The Labute approximate surface area is 93.6 Å². The Morgan fingerprint density at radius 1 is 1.50 bits per heavy atom. The van der Waals surface area contributed by atoms with E-state index in [2.05, 4.69) is 16.7 Å². The van der Waals surface area contributed by atoms with Crippen LogP contribution in [0.3, 0.4) is 0 Å². The lowest BCUT2D eigenvalue weighted by Crippen LogP contribution is -2.28. The maximum absolute atomic E-state index is 5.90. The highest BCUT2D eigenvalue weighted by molar-refractivity contribution is 7.80. The molecular weight excluding hydrogens is 216 g/mol. The molecule has 2 rings (SSSR count). The summed E-state index contributed by atoms with van der Waals surface area (Å²) in [5, 5.41) is 7.83. The fourth-order valence-electron chi connectivity index (χ4n) is 1.58. The summed E-state index contributed by atoms with van der Waals surface area (Å²) in [6.45, 7) is 0.894. The molecule has 1 aromatic carbocycles. The number of halogens is 1. The van der Waals surface area contributed by atoms with Crippen LogP contribution in [-0.4, -0.2) is 17.7 Å². The van der Waals surface area contributed by atoms with Crippen molar-refractivity contribution in [1.82, 2.24) is 10.6 Å². The number of hydrogen-bond donors (Lipinski definition) is 2. The van der Waals surface area contributed by atoms with Gasteiger partial charge in [-0.3, -0.25) is 0 Å². The molecule has 1 aliphatic rings. The summed E-state index contributed by atoms with van der Waals surface area (Å²) in [7, 11) is 0. The lowest BCUT2D eigenvalue weighted by Gasteiger charge is -2.08. The molecule has 74 valence electrons. The van der Waals surface area contributed by atoms with Crippen molar-refractivity contribution in [2.24, 2.45) is 0 Å². The number of rotatable bonds is 2. The Hall–Kier alpha value is -0.800. The Kier molecular flexibility index (Phi) is 2.89. The SMILES string of the molecule is S=C1NC[C@H](Cc2cccc(Cl)c2)N1. The van der Waals surface area contributed by atoms with E-state index >= 15 is 0 Å². The number of hydrogen-bond acceptors (Lipinski definition) is 1. The van der Waals surface area contributed by atoms with Crippen LogP contribution in [0.15, 0.2) is 24.3 Å². The molecule has 0 radical (unpaired) electrons. The minimum atomic E-state index is 0.390. The predicted molar refractivity (Wildman–Crippen MR) is 62.7 cm³/mol. The van der Waals surface area contributed by atoms with Crippen molar-refractivity contribution in [2.75, 3.05) is 6.54 Å². The maximum atomic E-state index is 5.90.